The molecule has 0 aromatic heterocycles. The van der Waals surface area contributed by atoms with E-state index in [1.807, 2.05) is 6.07 Å². The molecule has 0 bridgehead atoms. The van der Waals surface area contributed by atoms with E-state index in [-0.39, 0.29) is 12.1 Å². The predicted molar refractivity (Wildman–Crippen MR) is 62.3 cm³/mol. The molecular formula is C12H6BrF10. The van der Waals surface area contributed by atoms with Gasteiger partial charge in [0, 0.05) is 16.1 Å². The van der Waals surface area contributed by atoms with E-state index >= 15 is 0 Å². The Kier molecular flexibility index (Phi) is 5.07. The van der Waals surface area contributed by atoms with Gasteiger partial charge in [-0.15, -0.1) is 0 Å². The second-order valence-electron chi connectivity index (χ2n) is 4.59. The molecule has 0 aliphatic carbocycles. The molecule has 0 fully saturated rings. The number of hydrogen-bond donors (Lipinski definition) is 0. The van der Waals surface area contributed by atoms with Crippen molar-refractivity contribution in [1.82, 2.24) is 0 Å². The van der Waals surface area contributed by atoms with Crippen LogP contribution in [0.15, 0.2) is 16.6 Å². The molecule has 11 heteroatoms. The van der Waals surface area contributed by atoms with E-state index in [0.29, 0.717) is 6.92 Å². The highest BCUT2D eigenvalue weighted by Gasteiger charge is 2.73. The Balaban J connectivity index is 3.62. The van der Waals surface area contributed by atoms with E-state index < -0.39 is 45.7 Å². The van der Waals surface area contributed by atoms with E-state index in [9.17, 15) is 43.9 Å². The smallest absolute Gasteiger partial charge is 0.218 e. The normalized spacial score (nSPS) is 15.7. The third-order valence-electron chi connectivity index (χ3n) is 2.99. The number of rotatable bonds is 2. The van der Waals surface area contributed by atoms with Crippen LogP contribution in [0, 0.1) is 6.07 Å². The fourth-order valence-corrected chi connectivity index (χ4v) is 2.13. The van der Waals surface area contributed by atoms with Crippen molar-refractivity contribution in [2.75, 3.05) is 0 Å². The maximum Gasteiger partial charge on any atom is 0.435 e. The summed E-state index contributed by atoms with van der Waals surface area (Å²) >= 11 is 2.45. The first-order chi connectivity index (χ1) is 10.0. The van der Waals surface area contributed by atoms with Crippen molar-refractivity contribution in [3.8, 4) is 0 Å². The summed E-state index contributed by atoms with van der Waals surface area (Å²) in [5.74, 6) is -2.44. The molecule has 1 aromatic carbocycles. The minimum atomic E-state index is -6.41. The van der Waals surface area contributed by atoms with Gasteiger partial charge in [-0.25, -0.2) is 4.39 Å². The highest BCUT2D eigenvalue weighted by atomic mass is 79.9. The van der Waals surface area contributed by atoms with Gasteiger partial charge in [-0.3, -0.25) is 0 Å². The van der Waals surface area contributed by atoms with Gasteiger partial charge in [-0.1, -0.05) is 22.0 Å². The van der Waals surface area contributed by atoms with E-state index in [4.69, 9.17) is 0 Å². The van der Waals surface area contributed by atoms with Crippen molar-refractivity contribution in [2.45, 2.75) is 37.0 Å². The molecule has 0 saturated carbocycles. The maximum absolute atomic E-state index is 13.9. The van der Waals surface area contributed by atoms with E-state index in [2.05, 4.69) is 15.9 Å². The lowest BCUT2D eigenvalue weighted by Crippen LogP contribution is -2.50. The topological polar surface area (TPSA) is 0 Å². The number of halogens is 11. The molecular weight excluding hydrogens is 414 g/mol. The molecule has 0 spiro atoms. The zero-order valence-corrected chi connectivity index (χ0v) is 12.5. The van der Waals surface area contributed by atoms with Gasteiger partial charge in [0.15, 0.2) is 0 Å². The summed E-state index contributed by atoms with van der Waals surface area (Å²) in [4.78, 5) is 0. The van der Waals surface area contributed by atoms with Crippen molar-refractivity contribution < 1.29 is 43.9 Å². The third kappa shape index (κ3) is 3.74. The van der Waals surface area contributed by atoms with E-state index in [1.54, 1.807) is 0 Å². The molecule has 0 amide bonds. The number of hydrogen-bond acceptors (Lipinski definition) is 0. The summed E-state index contributed by atoms with van der Waals surface area (Å²) in [5, 5.41) is 0. The maximum atomic E-state index is 13.9. The molecule has 1 atom stereocenters. The van der Waals surface area contributed by atoms with Crippen LogP contribution in [0.1, 0.15) is 24.0 Å². The van der Waals surface area contributed by atoms with Crippen molar-refractivity contribution in [3.05, 3.63) is 33.8 Å². The van der Waals surface area contributed by atoms with E-state index in [0.717, 1.165) is 0 Å². The quantitative estimate of drug-likeness (QED) is 0.500. The van der Waals surface area contributed by atoms with Crippen LogP contribution < -0.4 is 0 Å². The lowest BCUT2D eigenvalue weighted by atomic mass is 9.90. The molecule has 1 rings (SSSR count). The van der Waals surface area contributed by atoms with Gasteiger partial charge >= 0.3 is 24.2 Å². The Morgan fingerprint density at radius 3 is 1.65 bits per heavy atom. The molecule has 0 nitrogen and oxygen atoms in total. The van der Waals surface area contributed by atoms with Crippen LogP contribution >= 0.6 is 15.9 Å². The zero-order valence-electron chi connectivity index (χ0n) is 10.9. The molecule has 1 aromatic rings. The van der Waals surface area contributed by atoms with Gasteiger partial charge in [0.1, 0.15) is 0 Å². The minimum Gasteiger partial charge on any atom is -0.218 e. The third-order valence-corrected chi connectivity index (χ3v) is 3.42. The average Bonchev–Trinajstić information content (AvgIpc) is 2.32. The Morgan fingerprint density at radius 2 is 1.30 bits per heavy atom. The molecule has 0 aliphatic heterocycles. The molecule has 131 valence electrons. The van der Waals surface area contributed by atoms with Crippen LogP contribution in [0.4, 0.5) is 43.9 Å². The second-order valence-corrected chi connectivity index (χ2v) is 5.44. The van der Waals surface area contributed by atoms with Crippen molar-refractivity contribution in [2.24, 2.45) is 0 Å². The lowest BCUT2D eigenvalue weighted by Gasteiger charge is -2.31. The standard InChI is InChI=1S/C12H6BrF10/c1-5(10(15,16)17)6-2-7(4-8(13)3-6)9(14,11(18,19)20)12(21,22)23/h2,4-5H,1H3. The summed E-state index contributed by atoms with van der Waals surface area (Å²) in [7, 11) is 0. The lowest BCUT2D eigenvalue weighted by molar-refractivity contribution is -0.348. The van der Waals surface area contributed by atoms with Crippen LogP contribution in [-0.4, -0.2) is 18.5 Å². The van der Waals surface area contributed by atoms with Gasteiger partial charge in [0.2, 0.25) is 0 Å². The summed E-state index contributed by atoms with van der Waals surface area (Å²) < 4.78 is 127. The van der Waals surface area contributed by atoms with Crippen molar-refractivity contribution >= 4 is 15.9 Å². The van der Waals surface area contributed by atoms with Crippen LogP contribution in [0.3, 0.4) is 0 Å². The molecule has 0 aliphatic rings. The van der Waals surface area contributed by atoms with Crippen LogP contribution in [0.5, 0.6) is 0 Å². The van der Waals surface area contributed by atoms with Gasteiger partial charge in [0.25, 0.3) is 0 Å². The summed E-state index contributed by atoms with van der Waals surface area (Å²) in [6.45, 7) is 0.503. The largest absolute Gasteiger partial charge is 0.435 e. The van der Waals surface area contributed by atoms with Gasteiger partial charge in [-0.05, 0) is 18.6 Å². The summed E-state index contributed by atoms with van der Waals surface area (Å²) in [5.41, 5.74) is -8.87. The second kappa shape index (κ2) is 5.82. The minimum absolute atomic E-state index is 0.0908. The molecule has 23 heavy (non-hydrogen) atoms. The summed E-state index contributed by atoms with van der Waals surface area (Å²) in [6, 6.07) is 1.88. The molecule has 0 saturated heterocycles. The average molecular weight is 420 g/mol. The van der Waals surface area contributed by atoms with Gasteiger partial charge in [0.05, 0.1) is 5.92 Å². The highest BCUT2D eigenvalue weighted by Crippen LogP contribution is 2.54. The van der Waals surface area contributed by atoms with Crippen LogP contribution in [0.2, 0.25) is 0 Å². The monoisotopic (exact) mass is 419 g/mol. The number of benzene rings is 1. The Labute approximate surface area is 131 Å². The zero-order chi connectivity index (χ0) is 18.4. The molecule has 1 unspecified atom stereocenters. The fraction of sp³-hybridized carbons (Fsp3) is 0.500. The Morgan fingerprint density at radius 1 is 0.870 bits per heavy atom. The van der Waals surface area contributed by atoms with Crippen LogP contribution in [-0.2, 0) is 5.67 Å². The molecule has 0 N–H and O–H groups in total. The molecule has 0 heterocycles. The van der Waals surface area contributed by atoms with Crippen molar-refractivity contribution in [1.29, 1.82) is 0 Å². The first-order valence-corrected chi connectivity index (χ1v) is 6.43. The number of alkyl halides is 10. The van der Waals surface area contributed by atoms with E-state index in [1.165, 1.54) is 0 Å². The van der Waals surface area contributed by atoms with Crippen molar-refractivity contribution in [3.63, 3.8) is 0 Å². The van der Waals surface area contributed by atoms with Gasteiger partial charge < -0.3 is 0 Å². The fourth-order valence-electron chi connectivity index (χ4n) is 1.65. The first kappa shape index (κ1) is 20.0. The van der Waals surface area contributed by atoms with Crippen LogP contribution in [0.25, 0.3) is 0 Å². The first-order valence-electron chi connectivity index (χ1n) is 5.64. The highest BCUT2D eigenvalue weighted by molar-refractivity contribution is 9.10. The Bertz CT molecular complexity index is 555. The summed E-state index contributed by atoms with van der Waals surface area (Å²) in [6.07, 6.45) is -17.8. The van der Waals surface area contributed by atoms with Gasteiger partial charge in [-0.2, -0.15) is 39.5 Å². The molecule has 1 radical (unpaired) electrons. The SMILES string of the molecule is CC(c1[c]c(Br)cc(C(F)(C(F)(F)F)C(F)(F)F)c1)C(F)(F)F. The predicted octanol–water partition coefficient (Wildman–Crippen LogP) is 6.20. The Hall–Kier alpha value is -1.00.